The summed E-state index contributed by atoms with van der Waals surface area (Å²) in [5, 5.41) is 21.1. The molecule has 0 aromatic rings. The second kappa shape index (κ2) is 8.32. The van der Waals surface area contributed by atoms with Crippen LogP contribution in [0.4, 0.5) is 0 Å². The highest BCUT2D eigenvalue weighted by Gasteiger charge is 2.41. The average molecular weight is 288 g/mol. The second-order valence-corrected chi connectivity index (χ2v) is 6.61. The smallest absolute Gasteiger partial charge is 0.152 e. The summed E-state index contributed by atoms with van der Waals surface area (Å²) < 4.78 is 5.24. The lowest BCUT2D eigenvalue weighted by molar-refractivity contribution is -1.27. The van der Waals surface area contributed by atoms with Gasteiger partial charge in [0.1, 0.15) is 6.04 Å². The Hall–Kier alpha value is -0.160. The highest BCUT2D eigenvalue weighted by atomic mass is 16.8. The van der Waals surface area contributed by atoms with Gasteiger partial charge in [0.05, 0.1) is 6.10 Å². The molecule has 1 fully saturated rings. The molecule has 120 valence electrons. The van der Waals surface area contributed by atoms with Gasteiger partial charge in [-0.05, 0) is 43.8 Å². The molecule has 1 saturated carbocycles. The van der Waals surface area contributed by atoms with Crippen molar-refractivity contribution < 1.29 is 20.0 Å². The lowest BCUT2D eigenvalue weighted by atomic mass is 9.97. The van der Waals surface area contributed by atoms with Crippen molar-refractivity contribution >= 4 is 0 Å². The van der Waals surface area contributed by atoms with E-state index in [1.165, 1.54) is 12.8 Å². The van der Waals surface area contributed by atoms with Crippen molar-refractivity contribution in [2.45, 2.75) is 90.3 Å². The van der Waals surface area contributed by atoms with Crippen LogP contribution in [0.3, 0.4) is 0 Å². The van der Waals surface area contributed by atoms with E-state index in [-0.39, 0.29) is 18.2 Å². The lowest BCUT2D eigenvalue weighted by Gasteiger charge is -2.35. The Balaban J connectivity index is 2.53. The summed E-state index contributed by atoms with van der Waals surface area (Å²) >= 11 is 0. The number of rotatable bonds is 7. The van der Waals surface area contributed by atoms with Gasteiger partial charge in [-0.15, -0.1) is 0 Å². The Bertz CT molecular complexity index is 270. The molecule has 0 aliphatic heterocycles. The van der Waals surface area contributed by atoms with E-state index in [2.05, 4.69) is 6.92 Å². The number of hydroxylamine groups is 4. The van der Waals surface area contributed by atoms with E-state index in [0.29, 0.717) is 0 Å². The van der Waals surface area contributed by atoms with Crippen LogP contribution >= 0.6 is 0 Å². The third kappa shape index (κ3) is 4.99. The maximum atomic E-state index is 10.5. The molecule has 4 nitrogen and oxygen atoms in total. The molecule has 0 bridgehead atoms. The Morgan fingerprint density at radius 1 is 1.10 bits per heavy atom. The third-order valence-corrected chi connectivity index (χ3v) is 5.21. The fraction of sp³-hybridized carbons (Fsp3) is 1.00. The van der Waals surface area contributed by atoms with E-state index < -0.39 is 4.81 Å². The monoisotopic (exact) mass is 288 g/mol. The fourth-order valence-corrected chi connectivity index (χ4v) is 3.29. The highest BCUT2D eigenvalue weighted by Crippen LogP contribution is 2.32. The van der Waals surface area contributed by atoms with E-state index in [4.69, 9.17) is 4.74 Å². The largest absolute Gasteiger partial charge is 0.382 e. The molecule has 0 spiro atoms. The molecule has 1 unspecified atom stereocenters. The first kappa shape index (κ1) is 17.9. The van der Waals surface area contributed by atoms with Gasteiger partial charge >= 0.3 is 0 Å². The molecule has 0 saturated heterocycles. The summed E-state index contributed by atoms with van der Waals surface area (Å²) in [4.78, 5) is -0.799. The van der Waals surface area contributed by atoms with Gasteiger partial charge < -0.3 is 4.74 Å². The van der Waals surface area contributed by atoms with Gasteiger partial charge in [0.25, 0.3) is 0 Å². The van der Waals surface area contributed by atoms with E-state index >= 15 is 0 Å². The van der Waals surface area contributed by atoms with Gasteiger partial charge in [-0.25, -0.2) is 0 Å². The van der Waals surface area contributed by atoms with Crippen LogP contribution < -0.4 is 0 Å². The predicted molar refractivity (Wildman–Crippen MR) is 79.7 cm³/mol. The van der Waals surface area contributed by atoms with Crippen molar-refractivity contribution in [2.24, 2.45) is 5.92 Å². The zero-order chi connectivity index (χ0) is 15.2. The molecule has 0 radical (unpaired) electrons. The average Bonchev–Trinajstić information content (AvgIpc) is 2.69. The zero-order valence-electron chi connectivity index (χ0n) is 13.7. The summed E-state index contributed by atoms with van der Waals surface area (Å²) in [5.74, 6) is 0.767. The minimum Gasteiger partial charge on any atom is -0.382 e. The number of methoxy groups -OCH3 is 1. The normalized spacial score (nSPS) is 27.9. The van der Waals surface area contributed by atoms with Crippen molar-refractivity contribution in [1.82, 2.24) is 0 Å². The SMILES string of the molecule is CC[C@@H]1CCC[C@H]([N+](O)(O)C(C)CC[C@@H](C)OC)CC1. The summed E-state index contributed by atoms with van der Waals surface area (Å²) in [5.41, 5.74) is 0. The fourth-order valence-electron chi connectivity index (χ4n) is 3.29. The van der Waals surface area contributed by atoms with Crippen molar-refractivity contribution in [3.8, 4) is 0 Å². The molecule has 1 aliphatic rings. The van der Waals surface area contributed by atoms with Gasteiger partial charge in [-0.1, -0.05) is 19.8 Å². The van der Waals surface area contributed by atoms with E-state index in [0.717, 1.165) is 44.4 Å². The molecule has 0 aromatic carbocycles. The van der Waals surface area contributed by atoms with Gasteiger partial charge in [-0.3, -0.25) is 0 Å². The number of hydrogen-bond donors (Lipinski definition) is 2. The summed E-state index contributed by atoms with van der Waals surface area (Å²) in [6.07, 6.45) is 8.36. The molecular weight excluding hydrogens is 254 g/mol. The predicted octanol–water partition coefficient (Wildman–Crippen LogP) is 4.14. The first-order valence-electron chi connectivity index (χ1n) is 8.28. The van der Waals surface area contributed by atoms with Crippen LogP contribution in [0.2, 0.25) is 0 Å². The number of nitrogens with zero attached hydrogens (tertiary/aromatic N) is 1. The van der Waals surface area contributed by atoms with Gasteiger partial charge in [0, 0.05) is 26.4 Å². The maximum absolute atomic E-state index is 10.5. The van der Waals surface area contributed by atoms with Crippen LogP contribution in [0.25, 0.3) is 0 Å². The van der Waals surface area contributed by atoms with Crippen molar-refractivity contribution in [3.63, 3.8) is 0 Å². The van der Waals surface area contributed by atoms with Gasteiger partial charge in [0.2, 0.25) is 0 Å². The van der Waals surface area contributed by atoms with Crippen molar-refractivity contribution in [1.29, 1.82) is 0 Å². The molecule has 0 aromatic heterocycles. The minimum absolute atomic E-state index is 0.0283. The molecule has 20 heavy (non-hydrogen) atoms. The van der Waals surface area contributed by atoms with Crippen LogP contribution in [0.15, 0.2) is 0 Å². The van der Waals surface area contributed by atoms with Crippen LogP contribution in [-0.4, -0.2) is 40.5 Å². The van der Waals surface area contributed by atoms with Crippen LogP contribution in [0, 0.1) is 5.92 Å². The lowest BCUT2D eigenvalue weighted by Crippen LogP contribution is -2.55. The molecule has 4 atom stereocenters. The minimum atomic E-state index is -0.799. The van der Waals surface area contributed by atoms with Crippen molar-refractivity contribution in [2.75, 3.05) is 7.11 Å². The second-order valence-electron chi connectivity index (χ2n) is 6.61. The number of ether oxygens (including phenoxy) is 1. The van der Waals surface area contributed by atoms with Crippen LogP contribution in [0.5, 0.6) is 0 Å². The Morgan fingerprint density at radius 3 is 2.40 bits per heavy atom. The standard InChI is InChI=1S/C16H34NO3/c1-5-15-7-6-8-16(12-11-15)17(18,19)13(2)9-10-14(3)20-4/h13-16,18-19H,5-12H2,1-4H3/q+1/t13?,14-,15-,16+/m1/s1. The summed E-state index contributed by atoms with van der Waals surface area (Å²) in [7, 11) is 1.70. The first-order valence-corrected chi connectivity index (χ1v) is 8.28. The summed E-state index contributed by atoms with van der Waals surface area (Å²) in [6, 6.07) is -0.185. The van der Waals surface area contributed by atoms with Gasteiger partial charge in [-0.2, -0.15) is 10.4 Å². The molecule has 1 aliphatic carbocycles. The first-order chi connectivity index (χ1) is 9.41. The number of hydrogen-bond acceptors (Lipinski definition) is 3. The summed E-state index contributed by atoms with van der Waals surface area (Å²) in [6.45, 7) is 6.19. The molecule has 0 heterocycles. The van der Waals surface area contributed by atoms with Crippen LogP contribution in [0.1, 0.15) is 72.1 Å². The topological polar surface area (TPSA) is 49.7 Å². The molecule has 0 amide bonds. The molecule has 2 N–H and O–H groups in total. The third-order valence-electron chi connectivity index (χ3n) is 5.21. The maximum Gasteiger partial charge on any atom is 0.152 e. The highest BCUT2D eigenvalue weighted by molar-refractivity contribution is 4.70. The molecular formula is C16H34NO3+. The van der Waals surface area contributed by atoms with Crippen LogP contribution in [-0.2, 0) is 4.74 Å². The Labute approximate surface area is 124 Å². The van der Waals surface area contributed by atoms with Gasteiger partial charge in [0.15, 0.2) is 6.04 Å². The Kier molecular flexibility index (Phi) is 7.45. The molecule has 4 heteroatoms. The van der Waals surface area contributed by atoms with Crippen molar-refractivity contribution in [3.05, 3.63) is 0 Å². The quantitative estimate of drug-likeness (QED) is 0.420. The Morgan fingerprint density at radius 2 is 1.80 bits per heavy atom. The zero-order valence-corrected chi connectivity index (χ0v) is 13.7. The number of quaternary nitrogens is 1. The van der Waals surface area contributed by atoms with E-state index in [1.54, 1.807) is 7.11 Å². The van der Waals surface area contributed by atoms with E-state index in [1.807, 2.05) is 13.8 Å². The van der Waals surface area contributed by atoms with E-state index in [9.17, 15) is 10.4 Å². The molecule has 1 rings (SSSR count).